The molecule has 0 amide bonds. The maximum atomic E-state index is 12.4. The Labute approximate surface area is 127 Å². The monoisotopic (exact) mass is 330 g/mol. The van der Waals surface area contributed by atoms with Gasteiger partial charge in [0.15, 0.2) is 0 Å². The van der Waals surface area contributed by atoms with Gasteiger partial charge < -0.3 is 0 Å². The Morgan fingerprint density at radius 2 is 1.85 bits per heavy atom. The highest BCUT2D eigenvalue weighted by molar-refractivity contribution is 7.92. The first-order valence-corrected chi connectivity index (χ1v) is 7.96. The van der Waals surface area contributed by atoms with Crippen LogP contribution in [0.1, 0.15) is 11.1 Å². The van der Waals surface area contributed by atoms with Crippen molar-refractivity contribution >= 4 is 39.0 Å². The highest BCUT2D eigenvalue weighted by Crippen LogP contribution is 2.31. The minimum absolute atomic E-state index is 0.0221. The van der Waals surface area contributed by atoms with Gasteiger partial charge in [-0.25, -0.2) is 13.4 Å². The molecule has 0 aliphatic rings. The lowest BCUT2D eigenvalue weighted by Crippen LogP contribution is -2.15. The molecule has 7 heteroatoms. The number of anilines is 1. The van der Waals surface area contributed by atoms with Gasteiger partial charge in [0.25, 0.3) is 10.0 Å². The summed E-state index contributed by atoms with van der Waals surface area (Å²) in [6.45, 7) is 3.43. The third-order valence-corrected chi connectivity index (χ3v) is 5.20. The average molecular weight is 331 g/mol. The van der Waals surface area contributed by atoms with Gasteiger partial charge >= 0.3 is 0 Å². The zero-order valence-corrected chi connectivity index (χ0v) is 13.1. The molecule has 0 saturated carbocycles. The summed E-state index contributed by atoms with van der Waals surface area (Å²) in [5, 5.41) is 0.529. The third-order valence-electron chi connectivity index (χ3n) is 2.81. The Hall–Kier alpha value is -1.30. The lowest BCUT2D eigenvalue weighted by atomic mass is 10.2. The Morgan fingerprint density at radius 3 is 2.50 bits per heavy atom. The fourth-order valence-corrected chi connectivity index (χ4v) is 3.51. The molecule has 0 unspecified atom stereocenters. The molecule has 0 atom stereocenters. The molecule has 2 aromatic rings. The fourth-order valence-electron chi connectivity index (χ4n) is 1.62. The van der Waals surface area contributed by atoms with Crippen molar-refractivity contribution in [1.29, 1.82) is 0 Å². The van der Waals surface area contributed by atoms with Gasteiger partial charge in [0, 0.05) is 11.2 Å². The number of rotatable bonds is 3. The Morgan fingerprint density at radius 1 is 1.15 bits per heavy atom. The van der Waals surface area contributed by atoms with Crippen LogP contribution in [0.15, 0.2) is 35.4 Å². The number of benzene rings is 1. The predicted octanol–water partition coefficient (Wildman–Crippen LogP) is 3.81. The molecule has 2 rings (SSSR count). The number of hydrogen-bond acceptors (Lipinski definition) is 3. The van der Waals surface area contributed by atoms with Gasteiger partial charge in [0.1, 0.15) is 10.7 Å². The van der Waals surface area contributed by atoms with Crippen LogP contribution in [-0.2, 0) is 10.0 Å². The van der Waals surface area contributed by atoms with Crippen LogP contribution in [0.4, 0.5) is 5.82 Å². The predicted molar refractivity (Wildman–Crippen MR) is 81.0 cm³/mol. The van der Waals surface area contributed by atoms with E-state index in [0.717, 1.165) is 5.56 Å². The van der Waals surface area contributed by atoms with Crippen molar-refractivity contribution in [2.24, 2.45) is 0 Å². The zero-order valence-electron chi connectivity index (χ0n) is 10.8. The molecule has 0 radical (unpaired) electrons. The highest BCUT2D eigenvalue weighted by atomic mass is 35.5. The van der Waals surface area contributed by atoms with Crippen LogP contribution in [0, 0.1) is 13.8 Å². The second-order valence-electron chi connectivity index (χ2n) is 4.26. The number of halogens is 2. The van der Waals surface area contributed by atoms with E-state index in [1.54, 1.807) is 26.0 Å². The summed E-state index contributed by atoms with van der Waals surface area (Å²) in [5.41, 5.74) is 1.24. The summed E-state index contributed by atoms with van der Waals surface area (Å²) in [4.78, 5) is 3.98. The second-order valence-corrected chi connectivity index (χ2v) is 6.69. The van der Waals surface area contributed by atoms with Gasteiger partial charge in [-0.05, 0) is 43.2 Å². The SMILES string of the molecule is Cc1cccnc1NS(=O)(=O)c1ccc(Cl)c(C)c1Cl. The molecule has 1 aromatic heterocycles. The summed E-state index contributed by atoms with van der Waals surface area (Å²) in [7, 11) is -3.81. The standard InChI is InChI=1S/C13H12Cl2N2O2S/c1-8-4-3-7-16-13(8)17-20(18,19)11-6-5-10(14)9(2)12(11)15/h3-7H,1-2H3,(H,16,17). The molecule has 4 nitrogen and oxygen atoms in total. The Balaban J connectivity index is 2.47. The maximum absolute atomic E-state index is 12.4. The van der Waals surface area contributed by atoms with Crippen molar-refractivity contribution in [3.63, 3.8) is 0 Å². The van der Waals surface area contributed by atoms with E-state index in [0.29, 0.717) is 10.6 Å². The van der Waals surface area contributed by atoms with Gasteiger partial charge in [0.05, 0.1) is 5.02 Å². The molecule has 1 heterocycles. The molecule has 0 fully saturated rings. The number of pyridine rings is 1. The van der Waals surface area contributed by atoms with Crippen LogP contribution in [0.5, 0.6) is 0 Å². The highest BCUT2D eigenvalue weighted by Gasteiger charge is 2.21. The van der Waals surface area contributed by atoms with Crippen molar-refractivity contribution in [3.05, 3.63) is 51.6 Å². The van der Waals surface area contributed by atoms with Crippen molar-refractivity contribution in [3.8, 4) is 0 Å². The van der Waals surface area contributed by atoms with Crippen LogP contribution in [0.3, 0.4) is 0 Å². The van der Waals surface area contributed by atoms with Crippen LogP contribution >= 0.6 is 23.2 Å². The van der Waals surface area contributed by atoms with Gasteiger partial charge in [-0.3, -0.25) is 4.72 Å². The van der Waals surface area contributed by atoms with E-state index in [9.17, 15) is 8.42 Å². The first kappa shape index (κ1) is 15.1. The van der Waals surface area contributed by atoms with E-state index in [1.807, 2.05) is 0 Å². The molecule has 1 aromatic carbocycles. The lowest BCUT2D eigenvalue weighted by Gasteiger charge is -2.12. The molecule has 20 heavy (non-hydrogen) atoms. The Bertz CT molecular complexity index is 761. The minimum Gasteiger partial charge on any atom is -0.263 e. The van der Waals surface area contributed by atoms with E-state index < -0.39 is 10.0 Å². The van der Waals surface area contributed by atoms with Gasteiger partial charge in [-0.15, -0.1) is 0 Å². The largest absolute Gasteiger partial charge is 0.264 e. The van der Waals surface area contributed by atoms with E-state index in [4.69, 9.17) is 23.2 Å². The minimum atomic E-state index is -3.81. The Kier molecular flexibility index (Phi) is 4.22. The van der Waals surface area contributed by atoms with Crippen molar-refractivity contribution in [1.82, 2.24) is 4.98 Å². The molecule has 1 N–H and O–H groups in total. The number of nitrogens with one attached hydrogen (secondary N) is 1. The van der Waals surface area contributed by atoms with Crippen LogP contribution in [-0.4, -0.2) is 13.4 Å². The number of aromatic nitrogens is 1. The van der Waals surface area contributed by atoms with Crippen LogP contribution in [0.2, 0.25) is 10.0 Å². The first-order valence-electron chi connectivity index (χ1n) is 5.72. The molecular weight excluding hydrogens is 319 g/mol. The topological polar surface area (TPSA) is 59.1 Å². The van der Waals surface area contributed by atoms with E-state index >= 15 is 0 Å². The molecule has 0 aliphatic heterocycles. The average Bonchev–Trinajstić information content (AvgIpc) is 2.38. The fraction of sp³-hybridized carbons (Fsp3) is 0.154. The van der Waals surface area contributed by atoms with E-state index in [-0.39, 0.29) is 15.7 Å². The first-order chi connectivity index (χ1) is 9.33. The van der Waals surface area contributed by atoms with Gasteiger partial charge in [-0.1, -0.05) is 29.3 Å². The summed E-state index contributed by atoms with van der Waals surface area (Å²) in [6, 6.07) is 6.37. The summed E-state index contributed by atoms with van der Waals surface area (Å²) in [6.07, 6.45) is 1.51. The quantitative estimate of drug-likeness (QED) is 0.930. The van der Waals surface area contributed by atoms with E-state index in [1.165, 1.54) is 18.3 Å². The molecular formula is C13H12Cl2N2O2S. The number of sulfonamides is 1. The van der Waals surface area contributed by atoms with Crippen LogP contribution in [0.25, 0.3) is 0 Å². The van der Waals surface area contributed by atoms with Crippen LogP contribution < -0.4 is 4.72 Å². The normalized spacial score (nSPS) is 11.4. The zero-order chi connectivity index (χ0) is 14.9. The molecule has 0 bridgehead atoms. The van der Waals surface area contributed by atoms with Crippen molar-refractivity contribution in [2.45, 2.75) is 18.7 Å². The third kappa shape index (κ3) is 2.90. The molecule has 106 valence electrons. The maximum Gasteiger partial charge on any atom is 0.264 e. The smallest absolute Gasteiger partial charge is 0.263 e. The second kappa shape index (κ2) is 5.60. The van der Waals surface area contributed by atoms with E-state index in [2.05, 4.69) is 9.71 Å². The van der Waals surface area contributed by atoms with Crippen molar-refractivity contribution in [2.75, 3.05) is 4.72 Å². The summed E-state index contributed by atoms with van der Waals surface area (Å²) in [5.74, 6) is 0.274. The summed E-state index contributed by atoms with van der Waals surface area (Å²) < 4.78 is 27.1. The van der Waals surface area contributed by atoms with Gasteiger partial charge in [-0.2, -0.15) is 0 Å². The van der Waals surface area contributed by atoms with Crippen molar-refractivity contribution < 1.29 is 8.42 Å². The van der Waals surface area contributed by atoms with Gasteiger partial charge in [0.2, 0.25) is 0 Å². The molecule has 0 aliphatic carbocycles. The lowest BCUT2D eigenvalue weighted by molar-refractivity contribution is 0.601. The molecule has 0 saturated heterocycles. The molecule has 0 spiro atoms. The number of nitrogens with zero attached hydrogens (tertiary/aromatic N) is 1. The summed E-state index contributed by atoms with van der Waals surface area (Å²) >= 11 is 12.0. The number of aryl methyl sites for hydroxylation is 1. The number of hydrogen-bond donors (Lipinski definition) is 1.